The van der Waals surface area contributed by atoms with Gasteiger partial charge < -0.3 is 10.4 Å². The number of aliphatic carboxylic acids is 1. The normalized spacial score (nSPS) is 11.4. The molecular formula is C26H19Cl2F3N4O3. The zero-order valence-corrected chi connectivity index (χ0v) is 21.0. The second-order valence-corrected chi connectivity index (χ2v) is 9.13. The van der Waals surface area contributed by atoms with Crippen LogP contribution in [0.5, 0.6) is 0 Å². The van der Waals surface area contributed by atoms with E-state index < -0.39 is 23.7 Å². The summed E-state index contributed by atoms with van der Waals surface area (Å²) in [6.07, 6.45) is -3.63. The summed E-state index contributed by atoms with van der Waals surface area (Å²) in [7, 11) is 0. The highest BCUT2D eigenvalue weighted by Gasteiger charge is 2.32. The molecule has 4 rings (SSSR count). The Morgan fingerprint density at radius 2 is 1.63 bits per heavy atom. The van der Waals surface area contributed by atoms with Crippen LogP contribution in [0.3, 0.4) is 0 Å². The SMILES string of the molecule is O=C(O)CCNC(=O)c1ccc(Cn2nc(-c3ccc(C(F)(F)F)nc3)cc2-c2cc(Cl)cc(Cl)c2)cc1. The van der Waals surface area contributed by atoms with E-state index in [9.17, 15) is 22.8 Å². The fourth-order valence-corrected chi connectivity index (χ4v) is 4.17. The fraction of sp³-hybridized carbons (Fsp3) is 0.154. The first-order chi connectivity index (χ1) is 18.0. The van der Waals surface area contributed by atoms with Crippen LogP contribution in [0.2, 0.25) is 10.0 Å². The van der Waals surface area contributed by atoms with Crippen molar-refractivity contribution >= 4 is 35.1 Å². The molecule has 196 valence electrons. The Kier molecular flexibility index (Phi) is 8.03. The van der Waals surface area contributed by atoms with Gasteiger partial charge in [-0.3, -0.25) is 19.3 Å². The van der Waals surface area contributed by atoms with Gasteiger partial charge in [0.25, 0.3) is 5.91 Å². The molecule has 0 unspecified atom stereocenters. The van der Waals surface area contributed by atoms with Gasteiger partial charge in [-0.15, -0.1) is 0 Å². The lowest BCUT2D eigenvalue weighted by atomic mass is 10.1. The van der Waals surface area contributed by atoms with E-state index in [0.29, 0.717) is 38.1 Å². The second-order valence-electron chi connectivity index (χ2n) is 8.26. The van der Waals surface area contributed by atoms with Crippen LogP contribution < -0.4 is 5.32 Å². The summed E-state index contributed by atoms with van der Waals surface area (Å²) in [4.78, 5) is 26.4. The Morgan fingerprint density at radius 3 is 2.21 bits per heavy atom. The van der Waals surface area contributed by atoms with E-state index in [2.05, 4.69) is 15.4 Å². The molecule has 0 spiro atoms. The molecule has 0 aliphatic heterocycles. The van der Waals surface area contributed by atoms with Crippen LogP contribution in [0.15, 0.2) is 66.9 Å². The smallest absolute Gasteiger partial charge is 0.433 e. The lowest BCUT2D eigenvalue weighted by Crippen LogP contribution is -2.25. The Labute approximate surface area is 224 Å². The first-order valence-corrected chi connectivity index (χ1v) is 11.9. The summed E-state index contributed by atoms with van der Waals surface area (Å²) in [5.41, 5.74) is 2.18. The molecule has 0 atom stereocenters. The van der Waals surface area contributed by atoms with Gasteiger partial charge in [-0.05, 0) is 54.1 Å². The Balaban J connectivity index is 1.64. The van der Waals surface area contributed by atoms with Gasteiger partial charge in [-0.2, -0.15) is 18.3 Å². The molecule has 1 amide bonds. The van der Waals surface area contributed by atoms with Gasteiger partial charge in [0.15, 0.2) is 0 Å². The van der Waals surface area contributed by atoms with Crippen molar-refractivity contribution in [1.29, 1.82) is 0 Å². The van der Waals surface area contributed by atoms with E-state index in [4.69, 9.17) is 28.3 Å². The Bertz CT molecular complexity index is 1450. The third kappa shape index (κ3) is 6.70. The number of amides is 1. The average Bonchev–Trinajstić information content (AvgIpc) is 3.27. The van der Waals surface area contributed by atoms with Gasteiger partial charge in [0.1, 0.15) is 5.69 Å². The largest absolute Gasteiger partial charge is 0.481 e. The molecule has 2 N–H and O–H groups in total. The fourth-order valence-electron chi connectivity index (χ4n) is 3.65. The number of aromatic nitrogens is 3. The minimum absolute atomic E-state index is 0.0103. The topological polar surface area (TPSA) is 97.1 Å². The monoisotopic (exact) mass is 562 g/mol. The molecule has 0 aliphatic rings. The molecule has 12 heteroatoms. The molecule has 0 fully saturated rings. The van der Waals surface area contributed by atoms with Crippen molar-refractivity contribution in [3.05, 3.63) is 93.7 Å². The van der Waals surface area contributed by atoms with E-state index in [0.717, 1.165) is 17.8 Å². The molecule has 38 heavy (non-hydrogen) atoms. The van der Waals surface area contributed by atoms with Gasteiger partial charge in [0.05, 0.1) is 24.4 Å². The van der Waals surface area contributed by atoms with Crippen molar-refractivity contribution in [2.45, 2.75) is 19.1 Å². The van der Waals surface area contributed by atoms with Crippen molar-refractivity contribution in [3.63, 3.8) is 0 Å². The standard InChI is InChI=1S/C26H19Cl2F3N4O3/c27-19-9-18(10-20(28)11-19)22-12-21(17-5-6-23(33-13-17)26(29,30)31)34-35(22)14-15-1-3-16(4-2-15)25(38)32-8-7-24(36)37/h1-6,9-13H,7-8,14H2,(H,32,38)(H,36,37). The number of nitrogens with one attached hydrogen (secondary N) is 1. The van der Waals surface area contributed by atoms with Crippen molar-refractivity contribution < 1.29 is 27.9 Å². The van der Waals surface area contributed by atoms with Crippen LogP contribution in [0.4, 0.5) is 13.2 Å². The van der Waals surface area contributed by atoms with Crippen LogP contribution in [-0.4, -0.2) is 38.3 Å². The zero-order valence-electron chi connectivity index (χ0n) is 19.5. The van der Waals surface area contributed by atoms with Crippen LogP contribution in [0.25, 0.3) is 22.5 Å². The molecule has 4 aromatic rings. The molecule has 2 heterocycles. The molecule has 2 aromatic carbocycles. The Hall–Kier alpha value is -3.89. The van der Waals surface area contributed by atoms with Crippen molar-refractivity contribution in [1.82, 2.24) is 20.1 Å². The predicted octanol–water partition coefficient (Wildman–Crippen LogP) is 6.19. The number of rotatable bonds is 8. The van der Waals surface area contributed by atoms with Crippen molar-refractivity contribution in [3.8, 4) is 22.5 Å². The minimum atomic E-state index is -4.56. The number of nitrogens with zero attached hydrogens (tertiary/aromatic N) is 3. The molecule has 0 saturated heterocycles. The van der Waals surface area contributed by atoms with Crippen LogP contribution in [0.1, 0.15) is 28.0 Å². The average molecular weight is 563 g/mol. The summed E-state index contributed by atoms with van der Waals surface area (Å²) in [6, 6.07) is 15.5. The molecule has 0 radical (unpaired) electrons. The molecular weight excluding hydrogens is 544 g/mol. The molecule has 0 bridgehead atoms. The highest BCUT2D eigenvalue weighted by Crippen LogP contribution is 2.32. The lowest BCUT2D eigenvalue weighted by Gasteiger charge is -2.10. The number of carbonyl (C=O) groups excluding carboxylic acids is 1. The maximum atomic E-state index is 12.9. The number of carboxylic acid groups (broad SMARTS) is 1. The van der Waals surface area contributed by atoms with Crippen LogP contribution in [-0.2, 0) is 17.5 Å². The second kappa shape index (κ2) is 11.2. The molecule has 2 aromatic heterocycles. The number of hydrogen-bond donors (Lipinski definition) is 2. The highest BCUT2D eigenvalue weighted by atomic mass is 35.5. The third-order valence-corrected chi connectivity index (χ3v) is 5.90. The van der Waals surface area contributed by atoms with Gasteiger partial charge in [-0.1, -0.05) is 35.3 Å². The van der Waals surface area contributed by atoms with E-state index in [1.807, 2.05) is 0 Å². The summed E-state index contributed by atoms with van der Waals surface area (Å²) in [5.74, 6) is -1.41. The summed E-state index contributed by atoms with van der Waals surface area (Å²) < 4.78 is 40.5. The Morgan fingerprint density at radius 1 is 0.947 bits per heavy atom. The quantitative estimate of drug-likeness (QED) is 0.267. The van der Waals surface area contributed by atoms with E-state index >= 15 is 0 Å². The van der Waals surface area contributed by atoms with E-state index in [-0.39, 0.29) is 19.5 Å². The maximum Gasteiger partial charge on any atom is 0.433 e. The third-order valence-electron chi connectivity index (χ3n) is 5.46. The van der Waals surface area contributed by atoms with Gasteiger partial charge in [0.2, 0.25) is 0 Å². The molecule has 7 nitrogen and oxygen atoms in total. The number of alkyl halides is 3. The summed E-state index contributed by atoms with van der Waals surface area (Å²) in [5, 5.41) is 16.6. The maximum absolute atomic E-state index is 12.9. The van der Waals surface area contributed by atoms with Crippen molar-refractivity contribution in [2.75, 3.05) is 6.54 Å². The number of halogens is 5. The zero-order chi connectivity index (χ0) is 27.4. The van der Waals surface area contributed by atoms with Gasteiger partial charge >= 0.3 is 12.1 Å². The predicted molar refractivity (Wildman–Crippen MR) is 136 cm³/mol. The minimum Gasteiger partial charge on any atom is -0.481 e. The van der Waals surface area contributed by atoms with E-state index in [1.165, 1.54) is 6.07 Å². The number of hydrogen-bond acceptors (Lipinski definition) is 4. The first kappa shape index (κ1) is 27.2. The first-order valence-electron chi connectivity index (χ1n) is 11.2. The number of benzene rings is 2. The van der Waals surface area contributed by atoms with Crippen LogP contribution >= 0.6 is 23.2 Å². The lowest BCUT2D eigenvalue weighted by molar-refractivity contribution is -0.141. The number of carbonyl (C=O) groups is 2. The van der Waals surface area contributed by atoms with E-state index in [1.54, 1.807) is 53.2 Å². The van der Waals surface area contributed by atoms with Gasteiger partial charge in [0, 0.05) is 39.5 Å². The van der Waals surface area contributed by atoms with Crippen molar-refractivity contribution in [2.24, 2.45) is 0 Å². The number of carboxylic acids is 1. The number of pyridine rings is 1. The van der Waals surface area contributed by atoms with Crippen LogP contribution in [0, 0.1) is 0 Å². The molecule has 0 saturated carbocycles. The van der Waals surface area contributed by atoms with Gasteiger partial charge in [-0.25, -0.2) is 0 Å². The summed E-state index contributed by atoms with van der Waals surface area (Å²) in [6.45, 7) is 0.269. The highest BCUT2D eigenvalue weighted by molar-refractivity contribution is 6.35. The summed E-state index contributed by atoms with van der Waals surface area (Å²) >= 11 is 12.4. The molecule has 0 aliphatic carbocycles.